The molecule has 0 heterocycles. The van der Waals surface area contributed by atoms with Gasteiger partial charge in [0.05, 0.1) is 12.5 Å². The van der Waals surface area contributed by atoms with Crippen molar-refractivity contribution in [3.63, 3.8) is 0 Å². The number of rotatable bonds is 9. The third-order valence-corrected chi connectivity index (χ3v) is 3.09. The first-order valence-corrected chi connectivity index (χ1v) is 7.02. The van der Waals surface area contributed by atoms with Crippen molar-refractivity contribution >= 4 is 23.7 Å². The van der Waals surface area contributed by atoms with Gasteiger partial charge in [0.15, 0.2) is 0 Å². The Balaban J connectivity index is 5.01. The average Bonchev–Trinajstić information content (AvgIpc) is 2.41. The molecule has 0 unspecified atom stereocenters. The van der Waals surface area contributed by atoms with Crippen molar-refractivity contribution in [1.82, 2.24) is 10.6 Å². The van der Waals surface area contributed by atoms with Gasteiger partial charge >= 0.3 is 5.97 Å². The number of amides is 3. The molecule has 0 spiro atoms. The van der Waals surface area contributed by atoms with Crippen molar-refractivity contribution in [2.45, 2.75) is 51.4 Å². The molecule has 0 bridgehead atoms. The third kappa shape index (κ3) is 7.06. The fourth-order valence-corrected chi connectivity index (χ4v) is 1.67. The summed E-state index contributed by atoms with van der Waals surface area (Å²) in [7, 11) is 0. The van der Waals surface area contributed by atoms with Gasteiger partial charge in [0, 0.05) is 0 Å². The number of carbonyl (C=O) groups excluding carboxylic acids is 3. The van der Waals surface area contributed by atoms with Crippen LogP contribution >= 0.6 is 0 Å². The fraction of sp³-hybridized carbons (Fsp3) is 0.692. The second kappa shape index (κ2) is 9.06. The smallest absolute Gasteiger partial charge is 0.326 e. The van der Waals surface area contributed by atoms with Crippen molar-refractivity contribution in [2.75, 3.05) is 0 Å². The molecule has 0 aromatic heterocycles. The number of nitrogens with one attached hydrogen (secondary N) is 2. The van der Waals surface area contributed by atoms with Gasteiger partial charge in [-0.3, -0.25) is 14.4 Å². The first-order chi connectivity index (χ1) is 10.5. The van der Waals surface area contributed by atoms with Crippen LogP contribution in [-0.2, 0) is 19.2 Å². The molecule has 0 aliphatic heterocycles. The fourth-order valence-electron chi connectivity index (χ4n) is 1.67. The van der Waals surface area contributed by atoms with Gasteiger partial charge in [0.2, 0.25) is 17.7 Å². The molecule has 10 heteroatoms. The number of aliphatic carboxylic acids is 1. The van der Waals surface area contributed by atoms with E-state index in [2.05, 4.69) is 10.6 Å². The quantitative estimate of drug-likeness (QED) is 0.265. The van der Waals surface area contributed by atoms with Gasteiger partial charge in [-0.2, -0.15) is 0 Å². The Morgan fingerprint density at radius 1 is 1.04 bits per heavy atom. The highest BCUT2D eigenvalue weighted by atomic mass is 16.4. The highest BCUT2D eigenvalue weighted by molar-refractivity contribution is 5.93. The van der Waals surface area contributed by atoms with Crippen LogP contribution in [0.2, 0.25) is 0 Å². The number of carboxylic acid groups (broad SMARTS) is 1. The van der Waals surface area contributed by atoms with Crippen LogP contribution in [0, 0.1) is 5.92 Å². The predicted octanol–water partition coefficient (Wildman–Crippen LogP) is -2.72. The molecule has 4 atom stereocenters. The summed E-state index contributed by atoms with van der Waals surface area (Å²) >= 11 is 0. The predicted molar refractivity (Wildman–Crippen MR) is 79.8 cm³/mol. The summed E-state index contributed by atoms with van der Waals surface area (Å²) in [5, 5.41) is 22.7. The standard InChI is InChI=1S/C13H24N4O6/c1-5(2)10(17-11(20)9(15)6(3)18)12(21)16-7(13(22)23)4-8(14)19/h5-7,9-10,18H,4,15H2,1-3H3,(H2,14,19)(H,16,21)(H,17,20)(H,22,23)/t6-,7-,9+,10+/m0/s1. The summed E-state index contributed by atoms with van der Waals surface area (Å²) in [6.45, 7) is 4.58. The molecule has 0 fully saturated rings. The van der Waals surface area contributed by atoms with E-state index in [-0.39, 0.29) is 5.92 Å². The monoisotopic (exact) mass is 332 g/mol. The van der Waals surface area contributed by atoms with Gasteiger partial charge in [-0.05, 0) is 12.8 Å². The molecular formula is C13H24N4O6. The molecule has 23 heavy (non-hydrogen) atoms. The van der Waals surface area contributed by atoms with Crippen LogP contribution in [0.4, 0.5) is 0 Å². The number of aliphatic hydroxyl groups is 1. The second-order valence-electron chi connectivity index (χ2n) is 5.57. The number of carboxylic acids is 1. The van der Waals surface area contributed by atoms with E-state index in [0.717, 1.165) is 0 Å². The van der Waals surface area contributed by atoms with Gasteiger partial charge < -0.3 is 32.3 Å². The van der Waals surface area contributed by atoms with E-state index < -0.39 is 54.3 Å². The maximum Gasteiger partial charge on any atom is 0.326 e. The van der Waals surface area contributed by atoms with Crippen LogP contribution in [0.25, 0.3) is 0 Å². The van der Waals surface area contributed by atoms with Crippen LogP contribution in [0.15, 0.2) is 0 Å². The lowest BCUT2D eigenvalue weighted by Gasteiger charge is -2.25. The Morgan fingerprint density at radius 3 is 1.91 bits per heavy atom. The van der Waals surface area contributed by atoms with Crippen molar-refractivity contribution in [2.24, 2.45) is 17.4 Å². The molecule has 0 aliphatic rings. The maximum absolute atomic E-state index is 12.2. The second-order valence-corrected chi connectivity index (χ2v) is 5.57. The normalized spacial score (nSPS) is 16.1. The summed E-state index contributed by atoms with van der Waals surface area (Å²) < 4.78 is 0. The Morgan fingerprint density at radius 2 is 1.57 bits per heavy atom. The van der Waals surface area contributed by atoms with Crippen LogP contribution in [0.3, 0.4) is 0 Å². The Hall–Kier alpha value is -2.20. The first-order valence-electron chi connectivity index (χ1n) is 7.02. The minimum atomic E-state index is -1.50. The van der Waals surface area contributed by atoms with Crippen molar-refractivity contribution in [3.05, 3.63) is 0 Å². The molecule has 132 valence electrons. The number of hydrogen-bond acceptors (Lipinski definition) is 6. The highest BCUT2D eigenvalue weighted by Crippen LogP contribution is 2.04. The zero-order valence-electron chi connectivity index (χ0n) is 13.3. The molecular weight excluding hydrogens is 308 g/mol. The van der Waals surface area contributed by atoms with E-state index in [9.17, 15) is 24.3 Å². The maximum atomic E-state index is 12.2. The molecule has 8 N–H and O–H groups in total. The van der Waals surface area contributed by atoms with Crippen LogP contribution in [0.5, 0.6) is 0 Å². The lowest BCUT2D eigenvalue weighted by Crippen LogP contribution is -2.58. The number of primary amides is 1. The lowest BCUT2D eigenvalue weighted by atomic mass is 10.0. The Bertz CT molecular complexity index is 465. The lowest BCUT2D eigenvalue weighted by molar-refractivity contribution is -0.144. The minimum Gasteiger partial charge on any atom is -0.480 e. The van der Waals surface area contributed by atoms with Gasteiger partial charge in [-0.25, -0.2) is 4.79 Å². The van der Waals surface area contributed by atoms with Crippen molar-refractivity contribution in [3.8, 4) is 0 Å². The van der Waals surface area contributed by atoms with E-state index in [4.69, 9.17) is 16.6 Å². The summed E-state index contributed by atoms with van der Waals surface area (Å²) in [6, 6.07) is -3.81. The number of carbonyl (C=O) groups is 4. The van der Waals surface area contributed by atoms with Crippen LogP contribution in [-0.4, -0.2) is 58.1 Å². The average molecular weight is 332 g/mol. The van der Waals surface area contributed by atoms with E-state index in [1.807, 2.05) is 0 Å². The third-order valence-electron chi connectivity index (χ3n) is 3.09. The zero-order chi connectivity index (χ0) is 18.3. The van der Waals surface area contributed by atoms with Gasteiger partial charge in [0.25, 0.3) is 0 Å². The summed E-state index contributed by atoms with van der Waals surface area (Å²) in [6.07, 6.45) is -1.69. The van der Waals surface area contributed by atoms with E-state index in [1.165, 1.54) is 6.92 Å². The Kier molecular flexibility index (Phi) is 8.19. The zero-order valence-corrected chi connectivity index (χ0v) is 13.3. The first kappa shape index (κ1) is 20.8. The summed E-state index contributed by atoms with van der Waals surface area (Å²) in [5.41, 5.74) is 10.4. The summed E-state index contributed by atoms with van der Waals surface area (Å²) in [5.74, 6) is -4.25. The largest absolute Gasteiger partial charge is 0.480 e. The van der Waals surface area contributed by atoms with E-state index >= 15 is 0 Å². The van der Waals surface area contributed by atoms with Crippen LogP contribution in [0.1, 0.15) is 27.2 Å². The topological polar surface area (TPSA) is 185 Å². The van der Waals surface area contributed by atoms with Gasteiger partial charge in [0.1, 0.15) is 18.1 Å². The van der Waals surface area contributed by atoms with E-state index in [0.29, 0.717) is 0 Å². The molecule has 0 aromatic rings. The van der Waals surface area contributed by atoms with Gasteiger partial charge in [-0.15, -0.1) is 0 Å². The molecule has 0 rings (SSSR count). The molecule has 0 saturated carbocycles. The molecule has 10 nitrogen and oxygen atoms in total. The summed E-state index contributed by atoms with van der Waals surface area (Å²) in [4.78, 5) is 45.9. The molecule has 0 radical (unpaired) electrons. The minimum absolute atomic E-state index is 0.386. The molecule has 3 amide bonds. The molecule has 0 aromatic carbocycles. The number of aliphatic hydroxyl groups excluding tert-OH is 1. The van der Waals surface area contributed by atoms with Crippen molar-refractivity contribution < 1.29 is 29.4 Å². The molecule has 0 saturated heterocycles. The SMILES string of the molecule is CC(C)[C@@H](NC(=O)[C@H](N)[C@H](C)O)C(=O)N[C@@H](CC(N)=O)C(=O)O. The van der Waals surface area contributed by atoms with Crippen molar-refractivity contribution in [1.29, 1.82) is 0 Å². The molecule has 0 aliphatic carbocycles. The number of hydrogen-bond donors (Lipinski definition) is 6. The number of nitrogens with two attached hydrogens (primary N) is 2. The Labute approximate surface area is 133 Å². The highest BCUT2D eigenvalue weighted by Gasteiger charge is 2.31. The van der Waals surface area contributed by atoms with E-state index in [1.54, 1.807) is 13.8 Å². The van der Waals surface area contributed by atoms with Gasteiger partial charge in [-0.1, -0.05) is 13.8 Å². The van der Waals surface area contributed by atoms with Crippen LogP contribution < -0.4 is 22.1 Å².